The van der Waals surface area contributed by atoms with Gasteiger partial charge in [-0.1, -0.05) is 43.0 Å². The Labute approximate surface area is 169 Å². The molecule has 0 radical (unpaired) electrons. The van der Waals surface area contributed by atoms with Crippen LogP contribution >= 0.6 is 34.9 Å². The highest BCUT2D eigenvalue weighted by Crippen LogP contribution is 2.27. The highest BCUT2D eigenvalue weighted by atomic mass is 32.2. The van der Waals surface area contributed by atoms with Gasteiger partial charge in [0.25, 0.3) is 5.56 Å². The number of anilines is 1. The van der Waals surface area contributed by atoms with Crippen molar-refractivity contribution in [1.29, 1.82) is 0 Å². The van der Waals surface area contributed by atoms with E-state index in [0.717, 1.165) is 21.5 Å². The quantitative estimate of drug-likeness (QED) is 0.443. The molecule has 0 fully saturated rings. The molecule has 142 valence electrons. The number of thioether (sulfide) groups is 2. The van der Waals surface area contributed by atoms with Gasteiger partial charge in [-0.25, -0.2) is 9.97 Å². The molecule has 0 unspecified atom stereocenters. The number of nitrogens with zero attached hydrogens (tertiary/aromatic N) is 2. The first-order valence-electron chi connectivity index (χ1n) is 8.41. The summed E-state index contributed by atoms with van der Waals surface area (Å²) in [6.07, 6.45) is 0. The number of aromatic amines is 1. The van der Waals surface area contributed by atoms with Crippen molar-refractivity contribution < 1.29 is 4.79 Å². The van der Waals surface area contributed by atoms with Gasteiger partial charge in [0, 0.05) is 11.8 Å². The lowest BCUT2D eigenvalue weighted by atomic mass is 10.2. The molecule has 2 aromatic heterocycles. The Morgan fingerprint density at radius 2 is 2.11 bits per heavy atom. The maximum absolute atomic E-state index is 12.2. The molecule has 0 aliphatic heterocycles. The van der Waals surface area contributed by atoms with Gasteiger partial charge in [-0.3, -0.25) is 9.59 Å². The second-order valence-electron chi connectivity index (χ2n) is 6.23. The number of hydrogen-bond acceptors (Lipinski definition) is 7. The van der Waals surface area contributed by atoms with E-state index in [0.29, 0.717) is 21.3 Å². The topological polar surface area (TPSA) is 87.7 Å². The van der Waals surface area contributed by atoms with Crippen molar-refractivity contribution in [3.05, 3.63) is 45.9 Å². The van der Waals surface area contributed by atoms with Crippen LogP contribution < -0.4 is 10.9 Å². The van der Waals surface area contributed by atoms with E-state index in [1.807, 2.05) is 25.1 Å². The van der Waals surface area contributed by atoms with Gasteiger partial charge in [0.15, 0.2) is 10.3 Å². The summed E-state index contributed by atoms with van der Waals surface area (Å²) in [5.74, 6) is 0.644. The van der Waals surface area contributed by atoms with E-state index >= 15 is 0 Å². The molecule has 0 spiro atoms. The van der Waals surface area contributed by atoms with Gasteiger partial charge in [-0.15, -0.1) is 0 Å². The number of aryl methyl sites for hydroxylation is 1. The number of fused-ring (bicyclic) bond motifs is 1. The molecule has 1 aromatic carbocycles. The number of H-pyrrole nitrogens is 1. The molecule has 3 rings (SSSR count). The average Bonchev–Trinajstić information content (AvgIpc) is 2.99. The van der Waals surface area contributed by atoms with Crippen LogP contribution in [0.1, 0.15) is 25.1 Å². The van der Waals surface area contributed by atoms with Crippen LogP contribution in [0.3, 0.4) is 0 Å². The molecule has 0 aliphatic rings. The number of carbonyl (C=O) groups is 1. The molecule has 0 aliphatic carbocycles. The van der Waals surface area contributed by atoms with Crippen LogP contribution in [0.4, 0.5) is 5.13 Å². The standard InChI is InChI=1S/C18H20N4O2S3/c1-10(2)25-8-12-7-15(23)21-17(19-12)26-9-16(24)22-18-20-13-5-4-11(3)6-14(13)27-18/h4-7,10H,8-9H2,1-3H3,(H,19,21,23)(H,20,22,24). The second-order valence-corrected chi connectivity index (χ2v) is 9.79. The molecule has 0 saturated heterocycles. The third kappa shape index (κ3) is 5.82. The van der Waals surface area contributed by atoms with E-state index in [2.05, 4.69) is 34.1 Å². The van der Waals surface area contributed by atoms with Gasteiger partial charge < -0.3 is 10.3 Å². The molecular weight excluding hydrogens is 400 g/mol. The van der Waals surface area contributed by atoms with Crippen LogP contribution in [0.2, 0.25) is 0 Å². The predicted molar refractivity (Wildman–Crippen MR) is 115 cm³/mol. The molecule has 0 bridgehead atoms. The Bertz CT molecular complexity index is 1010. The highest BCUT2D eigenvalue weighted by molar-refractivity contribution is 7.99. The molecular formula is C18H20N4O2S3. The van der Waals surface area contributed by atoms with Crippen LogP contribution in [0.25, 0.3) is 10.2 Å². The van der Waals surface area contributed by atoms with Crippen LogP contribution in [0.5, 0.6) is 0 Å². The fraction of sp³-hybridized carbons (Fsp3) is 0.333. The van der Waals surface area contributed by atoms with Crippen molar-refractivity contribution in [2.24, 2.45) is 0 Å². The molecule has 27 heavy (non-hydrogen) atoms. The molecule has 6 nitrogen and oxygen atoms in total. The Balaban J connectivity index is 1.60. The zero-order valence-electron chi connectivity index (χ0n) is 15.2. The van der Waals surface area contributed by atoms with Crippen molar-refractivity contribution in [3.8, 4) is 0 Å². The van der Waals surface area contributed by atoms with Crippen molar-refractivity contribution >= 4 is 56.1 Å². The largest absolute Gasteiger partial charge is 0.301 e. The van der Waals surface area contributed by atoms with Crippen LogP contribution in [-0.2, 0) is 10.5 Å². The molecule has 9 heteroatoms. The molecule has 3 aromatic rings. The van der Waals surface area contributed by atoms with E-state index < -0.39 is 0 Å². The van der Waals surface area contributed by atoms with E-state index in [1.54, 1.807) is 11.8 Å². The zero-order valence-corrected chi connectivity index (χ0v) is 17.7. The van der Waals surface area contributed by atoms with Crippen LogP contribution in [-0.4, -0.2) is 31.9 Å². The predicted octanol–water partition coefficient (Wildman–Crippen LogP) is 4.06. The lowest BCUT2D eigenvalue weighted by Gasteiger charge is -2.06. The smallest absolute Gasteiger partial charge is 0.251 e. The lowest BCUT2D eigenvalue weighted by molar-refractivity contribution is -0.113. The normalized spacial score (nSPS) is 11.3. The summed E-state index contributed by atoms with van der Waals surface area (Å²) in [4.78, 5) is 35.5. The van der Waals surface area contributed by atoms with E-state index in [9.17, 15) is 9.59 Å². The summed E-state index contributed by atoms with van der Waals surface area (Å²) in [6, 6.07) is 7.49. The van der Waals surface area contributed by atoms with Crippen LogP contribution in [0.15, 0.2) is 34.2 Å². The highest BCUT2D eigenvalue weighted by Gasteiger charge is 2.10. The van der Waals surface area contributed by atoms with Gasteiger partial charge in [-0.2, -0.15) is 11.8 Å². The summed E-state index contributed by atoms with van der Waals surface area (Å²) < 4.78 is 1.04. The van der Waals surface area contributed by atoms with E-state index in [1.165, 1.54) is 29.2 Å². The Hall–Kier alpha value is -1.84. The number of rotatable bonds is 7. The average molecular weight is 421 g/mol. The van der Waals surface area contributed by atoms with Crippen molar-refractivity contribution in [1.82, 2.24) is 15.0 Å². The first-order valence-corrected chi connectivity index (χ1v) is 11.3. The number of hydrogen-bond donors (Lipinski definition) is 2. The minimum Gasteiger partial charge on any atom is -0.301 e. The maximum atomic E-state index is 12.2. The first kappa shape index (κ1) is 19.9. The monoisotopic (exact) mass is 420 g/mol. The van der Waals surface area contributed by atoms with Gasteiger partial charge in [-0.05, 0) is 29.9 Å². The summed E-state index contributed by atoms with van der Waals surface area (Å²) >= 11 is 4.38. The van der Waals surface area contributed by atoms with Gasteiger partial charge in [0.2, 0.25) is 5.91 Å². The van der Waals surface area contributed by atoms with Gasteiger partial charge in [0.05, 0.1) is 21.7 Å². The number of aromatic nitrogens is 3. The fourth-order valence-corrected chi connectivity index (χ4v) is 4.58. The summed E-state index contributed by atoms with van der Waals surface area (Å²) in [5.41, 5.74) is 2.55. The molecule has 2 heterocycles. The zero-order chi connectivity index (χ0) is 19.4. The number of benzene rings is 1. The molecule has 0 saturated carbocycles. The Morgan fingerprint density at radius 1 is 1.30 bits per heavy atom. The lowest BCUT2D eigenvalue weighted by Crippen LogP contribution is -2.15. The van der Waals surface area contributed by atoms with Gasteiger partial charge >= 0.3 is 0 Å². The Kier molecular flexibility index (Phi) is 6.56. The minimum atomic E-state index is -0.200. The second kappa shape index (κ2) is 8.90. The first-order chi connectivity index (χ1) is 12.9. The third-order valence-electron chi connectivity index (χ3n) is 3.47. The Morgan fingerprint density at radius 3 is 2.89 bits per heavy atom. The summed E-state index contributed by atoms with van der Waals surface area (Å²) in [6.45, 7) is 6.22. The van der Waals surface area contributed by atoms with Crippen molar-refractivity contribution in [2.45, 2.75) is 36.9 Å². The molecule has 2 N–H and O–H groups in total. The van der Waals surface area contributed by atoms with E-state index in [-0.39, 0.29) is 17.2 Å². The van der Waals surface area contributed by atoms with Crippen molar-refractivity contribution in [2.75, 3.05) is 11.1 Å². The minimum absolute atomic E-state index is 0.151. The molecule has 1 amide bonds. The maximum Gasteiger partial charge on any atom is 0.251 e. The fourth-order valence-electron chi connectivity index (χ4n) is 2.25. The number of thiazole rings is 1. The SMILES string of the molecule is Cc1ccc2nc(NC(=O)CSc3nc(CSC(C)C)cc(=O)[nH]3)sc2c1. The summed E-state index contributed by atoms with van der Waals surface area (Å²) in [7, 11) is 0. The molecule has 0 atom stereocenters. The number of nitrogens with one attached hydrogen (secondary N) is 2. The number of amides is 1. The van der Waals surface area contributed by atoms with E-state index in [4.69, 9.17) is 0 Å². The van der Waals surface area contributed by atoms with Crippen LogP contribution in [0, 0.1) is 6.92 Å². The summed E-state index contributed by atoms with van der Waals surface area (Å²) in [5, 5.41) is 4.31. The number of carbonyl (C=O) groups excluding carboxylic acids is 1. The van der Waals surface area contributed by atoms with Gasteiger partial charge in [0.1, 0.15) is 0 Å². The van der Waals surface area contributed by atoms with Crippen molar-refractivity contribution in [3.63, 3.8) is 0 Å². The third-order valence-corrected chi connectivity index (χ3v) is 6.40.